The standard InChI is InChI=1S/C14H24/c1-3-5-7-13-9-11-14(12-10-13)8-6-4-2/h9,11H,3-8,10,12H2,1-2H3. The normalized spacial score (nSPS) is 16.4. The topological polar surface area (TPSA) is 0 Å². The van der Waals surface area contributed by atoms with Crippen LogP contribution < -0.4 is 0 Å². The first kappa shape index (κ1) is 11.6. The second kappa shape index (κ2) is 6.86. The molecule has 0 saturated carbocycles. The summed E-state index contributed by atoms with van der Waals surface area (Å²) >= 11 is 0. The molecule has 0 bridgehead atoms. The van der Waals surface area contributed by atoms with Gasteiger partial charge >= 0.3 is 0 Å². The Morgan fingerprint density at radius 1 is 0.857 bits per heavy atom. The molecule has 0 aliphatic heterocycles. The number of allylic oxidation sites excluding steroid dienone is 4. The minimum atomic E-state index is 1.32. The Hall–Kier alpha value is -0.520. The molecule has 0 heteroatoms. The molecule has 80 valence electrons. The van der Waals surface area contributed by atoms with Crippen molar-refractivity contribution in [1.29, 1.82) is 0 Å². The predicted octanol–water partition coefficient (Wildman–Crippen LogP) is 5.01. The van der Waals surface area contributed by atoms with Gasteiger partial charge in [0, 0.05) is 0 Å². The molecule has 0 N–H and O–H groups in total. The zero-order valence-electron chi connectivity index (χ0n) is 9.81. The van der Waals surface area contributed by atoms with Crippen molar-refractivity contribution in [3.8, 4) is 0 Å². The Labute approximate surface area is 89.1 Å². The molecule has 1 aliphatic carbocycles. The fourth-order valence-corrected chi connectivity index (χ4v) is 1.95. The van der Waals surface area contributed by atoms with Crippen LogP contribution in [-0.4, -0.2) is 0 Å². The fraction of sp³-hybridized carbons (Fsp3) is 0.714. The van der Waals surface area contributed by atoms with E-state index >= 15 is 0 Å². The summed E-state index contributed by atoms with van der Waals surface area (Å²) in [4.78, 5) is 0. The minimum Gasteiger partial charge on any atom is -0.0699 e. The zero-order valence-corrected chi connectivity index (χ0v) is 9.81. The van der Waals surface area contributed by atoms with Crippen LogP contribution in [0.3, 0.4) is 0 Å². The summed E-state index contributed by atoms with van der Waals surface area (Å²) in [5, 5.41) is 0. The van der Waals surface area contributed by atoms with Gasteiger partial charge in [-0.2, -0.15) is 0 Å². The van der Waals surface area contributed by atoms with Crippen LogP contribution in [0.25, 0.3) is 0 Å². The molecule has 0 aromatic heterocycles. The molecule has 1 aliphatic rings. The molecule has 0 fully saturated rings. The third-order valence-corrected chi connectivity index (χ3v) is 3.02. The van der Waals surface area contributed by atoms with Gasteiger partial charge in [0.1, 0.15) is 0 Å². The second-order valence-corrected chi connectivity index (χ2v) is 4.36. The third kappa shape index (κ3) is 4.13. The summed E-state index contributed by atoms with van der Waals surface area (Å²) < 4.78 is 0. The molecule has 0 aromatic carbocycles. The SMILES string of the molecule is CCCCC1=CC=C(CCCC)CC1. The van der Waals surface area contributed by atoms with E-state index in [0.717, 1.165) is 0 Å². The molecule has 1 rings (SSSR count). The van der Waals surface area contributed by atoms with Gasteiger partial charge in [0.2, 0.25) is 0 Å². The Bertz CT molecular complexity index is 184. The lowest BCUT2D eigenvalue weighted by atomic mass is 9.92. The van der Waals surface area contributed by atoms with E-state index in [9.17, 15) is 0 Å². The predicted molar refractivity (Wildman–Crippen MR) is 64.5 cm³/mol. The molecule has 14 heavy (non-hydrogen) atoms. The second-order valence-electron chi connectivity index (χ2n) is 4.36. The van der Waals surface area contributed by atoms with E-state index in [2.05, 4.69) is 26.0 Å². The molecule has 0 amide bonds. The number of unbranched alkanes of at least 4 members (excludes halogenated alkanes) is 2. The largest absolute Gasteiger partial charge is 0.0699 e. The maximum atomic E-state index is 2.38. The number of rotatable bonds is 6. The van der Waals surface area contributed by atoms with Crippen LogP contribution in [0.15, 0.2) is 23.3 Å². The van der Waals surface area contributed by atoms with E-state index in [1.807, 2.05) is 0 Å². The average Bonchev–Trinajstić information content (AvgIpc) is 2.25. The molecular weight excluding hydrogens is 168 g/mol. The highest BCUT2D eigenvalue weighted by Crippen LogP contribution is 2.25. The molecule has 0 aromatic rings. The van der Waals surface area contributed by atoms with Gasteiger partial charge in [-0.15, -0.1) is 0 Å². The highest BCUT2D eigenvalue weighted by Gasteiger charge is 2.05. The molecule has 0 unspecified atom stereocenters. The monoisotopic (exact) mass is 192 g/mol. The van der Waals surface area contributed by atoms with Crippen molar-refractivity contribution in [2.75, 3.05) is 0 Å². The summed E-state index contributed by atoms with van der Waals surface area (Å²) in [7, 11) is 0. The Kier molecular flexibility index (Phi) is 5.66. The van der Waals surface area contributed by atoms with E-state index in [1.54, 1.807) is 11.1 Å². The van der Waals surface area contributed by atoms with Crippen LogP contribution in [0.5, 0.6) is 0 Å². The molecule has 0 radical (unpaired) electrons. The first-order chi connectivity index (χ1) is 6.86. The zero-order chi connectivity index (χ0) is 10.2. The smallest absolute Gasteiger partial charge is 0.0280 e. The lowest BCUT2D eigenvalue weighted by molar-refractivity contribution is 0.708. The summed E-state index contributed by atoms with van der Waals surface area (Å²) in [5.74, 6) is 0. The first-order valence-corrected chi connectivity index (χ1v) is 6.24. The van der Waals surface area contributed by atoms with Crippen LogP contribution >= 0.6 is 0 Å². The van der Waals surface area contributed by atoms with Crippen LogP contribution in [0.1, 0.15) is 65.2 Å². The van der Waals surface area contributed by atoms with Crippen LogP contribution in [0, 0.1) is 0 Å². The molecule has 0 heterocycles. The summed E-state index contributed by atoms with van der Waals surface area (Å²) in [5.41, 5.74) is 3.35. The van der Waals surface area contributed by atoms with Crippen LogP contribution in [-0.2, 0) is 0 Å². The summed E-state index contributed by atoms with van der Waals surface area (Å²) in [6.07, 6.45) is 15.4. The number of hydrogen-bond donors (Lipinski definition) is 0. The van der Waals surface area contributed by atoms with E-state index < -0.39 is 0 Å². The highest BCUT2D eigenvalue weighted by molar-refractivity contribution is 5.23. The molecule has 0 saturated heterocycles. The lowest BCUT2D eigenvalue weighted by Gasteiger charge is -2.14. The van der Waals surface area contributed by atoms with E-state index in [0.29, 0.717) is 0 Å². The van der Waals surface area contributed by atoms with E-state index in [4.69, 9.17) is 0 Å². The van der Waals surface area contributed by atoms with Gasteiger partial charge in [0.15, 0.2) is 0 Å². The maximum Gasteiger partial charge on any atom is -0.0280 e. The van der Waals surface area contributed by atoms with Crippen molar-refractivity contribution in [2.24, 2.45) is 0 Å². The Morgan fingerprint density at radius 2 is 1.29 bits per heavy atom. The van der Waals surface area contributed by atoms with Crippen molar-refractivity contribution in [3.05, 3.63) is 23.3 Å². The minimum absolute atomic E-state index is 1.32. The van der Waals surface area contributed by atoms with Gasteiger partial charge in [-0.25, -0.2) is 0 Å². The highest BCUT2D eigenvalue weighted by atomic mass is 14.1. The van der Waals surface area contributed by atoms with Crippen molar-refractivity contribution in [1.82, 2.24) is 0 Å². The maximum absolute atomic E-state index is 2.38. The Balaban J connectivity index is 2.31. The summed E-state index contributed by atoms with van der Waals surface area (Å²) in [6.45, 7) is 4.54. The quantitative estimate of drug-likeness (QED) is 0.554. The molecular formula is C14H24. The van der Waals surface area contributed by atoms with Crippen LogP contribution in [0.2, 0.25) is 0 Å². The van der Waals surface area contributed by atoms with Gasteiger partial charge in [0.25, 0.3) is 0 Å². The lowest BCUT2D eigenvalue weighted by Crippen LogP contribution is -1.94. The average molecular weight is 192 g/mol. The van der Waals surface area contributed by atoms with Gasteiger partial charge in [-0.1, -0.05) is 50.0 Å². The fourth-order valence-electron chi connectivity index (χ4n) is 1.95. The first-order valence-electron chi connectivity index (χ1n) is 6.24. The van der Waals surface area contributed by atoms with Crippen LogP contribution in [0.4, 0.5) is 0 Å². The molecule has 0 nitrogen and oxygen atoms in total. The van der Waals surface area contributed by atoms with Crippen molar-refractivity contribution in [2.45, 2.75) is 65.2 Å². The van der Waals surface area contributed by atoms with E-state index in [1.165, 1.54) is 51.4 Å². The van der Waals surface area contributed by atoms with Gasteiger partial charge < -0.3 is 0 Å². The van der Waals surface area contributed by atoms with Crippen molar-refractivity contribution in [3.63, 3.8) is 0 Å². The molecule has 0 spiro atoms. The molecule has 0 atom stereocenters. The van der Waals surface area contributed by atoms with Crippen molar-refractivity contribution >= 4 is 0 Å². The van der Waals surface area contributed by atoms with E-state index in [-0.39, 0.29) is 0 Å². The third-order valence-electron chi connectivity index (χ3n) is 3.02. The van der Waals surface area contributed by atoms with Crippen molar-refractivity contribution < 1.29 is 0 Å². The van der Waals surface area contributed by atoms with Gasteiger partial charge in [-0.3, -0.25) is 0 Å². The van der Waals surface area contributed by atoms with Gasteiger partial charge in [0.05, 0.1) is 0 Å². The number of hydrogen-bond acceptors (Lipinski definition) is 0. The summed E-state index contributed by atoms with van der Waals surface area (Å²) in [6, 6.07) is 0. The Morgan fingerprint density at radius 3 is 1.57 bits per heavy atom. The van der Waals surface area contributed by atoms with Gasteiger partial charge in [-0.05, 0) is 38.5 Å².